The van der Waals surface area contributed by atoms with Gasteiger partial charge in [0.1, 0.15) is 36.9 Å². The maximum atomic E-state index is 12.4. The zero-order valence-corrected chi connectivity index (χ0v) is 20.6. The number of amidine groups is 1. The first-order valence-corrected chi connectivity index (χ1v) is 12.3. The summed E-state index contributed by atoms with van der Waals surface area (Å²) in [5.41, 5.74) is -0.552. The number of aliphatic hydroxyl groups excluding tert-OH is 2. The lowest BCUT2D eigenvalue weighted by Crippen LogP contribution is -2.55. The minimum Gasteiger partial charge on any atom is -0.463 e. The van der Waals surface area contributed by atoms with Crippen LogP contribution in [0.2, 0.25) is 0 Å². The van der Waals surface area contributed by atoms with Gasteiger partial charge in [0, 0.05) is 6.42 Å². The highest BCUT2D eigenvalue weighted by atomic mass is 16.6. The van der Waals surface area contributed by atoms with Crippen molar-refractivity contribution < 1.29 is 29.3 Å². The Balaban J connectivity index is 1.60. The van der Waals surface area contributed by atoms with Crippen LogP contribution in [0.15, 0.2) is 21.9 Å². The largest absolute Gasteiger partial charge is 0.463 e. The quantitative estimate of drug-likeness (QED) is 0.322. The van der Waals surface area contributed by atoms with Crippen LogP contribution in [0.25, 0.3) is 0 Å². The van der Waals surface area contributed by atoms with Crippen LogP contribution in [-0.4, -0.2) is 75.8 Å². The Morgan fingerprint density at radius 1 is 1.29 bits per heavy atom. The number of unbranched alkanes of at least 4 members (excludes halogenated alkanes) is 4. The van der Waals surface area contributed by atoms with E-state index in [1.807, 2.05) is 6.08 Å². The van der Waals surface area contributed by atoms with E-state index in [0.29, 0.717) is 24.4 Å². The molecule has 3 aliphatic heterocycles. The molecule has 5 atom stereocenters. The van der Waals surface area contributed by atoms with Crippen LogP contribution >= 0.6 is 0 Å². The minimum absolute atomic E-state index is 0.0966. The molecule has 34 heavy (non-hydrogen) atoms. The summed E-state index contributed by atoms with van der Waals surface area (Å²) >= 11 is 0. The molecular formula is C24H38N4O6. The molecule has 1 saturated heterocycles. The monoisotopic (exact) mass is 478 g/mol. The van der Waals surface area contributed by atoms with E-state index in [9.17, 15) is 19.8 Å². The number of aliphatic hydroxyl groups is 2. The molecule has 0 aromatic carbocycles. The fourth-order valence-electron chi connectivity index (χ4n) is 4.54. The number of amides is 1. The predicted octanol–water partition coefficient (Wildman–Crippen LogP) is 1.86. The summed E-state index contributed by atoms with van der Waals surface area (Å²) < 4.78 is 11.3. The smallest absolute Gasteiger partial charge is 0.308 e. The summed E-state index contributed by atoms with van der Waals surface area (Å²) in [4.78, 5) is 28.5. The van der Waals surface area contributed by atoms with Crippen molar-refractivity contribution in [2.75, 3.05) is 6.61 Å². The van der Waals surface area contributed by atoms with E-state index >= 15 is 0 Å². The number of carbonyl (C=O) groups excluding carboxylic acids is 2. The molecule has 190 valence electrons. The third kappa shape index (κ3) is 5.67. The summed E-state index contributed by atoms with van der Waals surface area (Å²) in [5.74, 6) is -0.384. The molecule has 1 amide bonds. The van der Waals surface area contributed by atoms with Crippen LogP contribution in [0.5, 0.6) is 0 Å². The SMILES string of the molecule is CCCCCCCC(=O)NC1=NC=NN2C1=CCC2[C@]1(C)O[C@H](COC(=O)C(C)C)[C@@H](O)[C@H]1O. The third-order valence-corrected chi connectivity index (χ3v) is 6.67. The lowest BCUT2D eigenvalue weighted by Gasteiger charge is -2.39. The van der Waals surface area contributed by atoms with Gasteiger partial charge in [-0.2, -0.15) is 5.10 Å². The summed E-state index contributed by atoms with van der Waals surface area (Å²) in [5, 5.41) is 30.3. The number of esters is 1. The summed E-state index contributed by atoms with van der Waals surface area (Å²) in [6.45, 7) is 7.16. The predicted molar refractivity (Wildman–Crippen MR) is 127 cm³/mol. The van der Waals surface area contributed by atoms with E-state index in [1.165, 1.54) is 12.8 Å². The first kappa shape index (κ1) is 26.3. The fourth-order valence-corrected chi connectivity index (χ4v) is 4.54. The van der Waals surface area contributed by atoms with Gasteiger partial charge in [-0.3, -0.25) is 14.6 Å². The van der Waals surface area contributed by atoms with Crippen LogP contribution < -0.4 is 5.32 Å². The topological polar surface area (TPSA) is 133 Å². The molecule has 3 aliphatic rings. The van der Waals surface area contributed by atoms with Gasteiger partial charge in [-0.1, -0.05) is 52.5 Å². The van der Waals surface area contributed by atoms with Crippen molar-refractivity contribution in [2.24, 2.45) is 16.0 Å². The molecule has 0 aromatic rings. The Bertz CT molecular complexity index is 841. The average molecular weight is 479 g/mol. The van der Waals surface area contributed by atoms with Crippen LogP contribution in [0.4, 0.5) is 0 Å². The van der Waals surface area contributed by atoms with Gasteiger partial charge in [-0.25, -0.2) is 4.99 Å². The van der Waals surface area contributed by atoms with Gasteiger partial charge in [0.15, 0.2) is 5.84 Å². The molecule has 3 N–H and O–H groups in total. The van der Waals surface area contributed by atoms with E-state index in [1.54, 1.807) is 25.8 Å². The van der Waals surface area contributed by atoms with Crippen LogP contribution in [0.3, 0.4) is 0 Å². The number of fused-ring (bicyclic) bond motifs is 1. The second-order valence-electron chi connectivity index (χ2n) is 9.67. The van der Waals surface area contributed by atoms with Gasteiger partial charge < -0.3 is 25.0 Å². The number of nitrogens with one attached hydrogen (secondary N) is 1. The highest BCUT2D eigenvalue weighted by molar-refractivity contribution is 6.10. The second-order valence-corrected chi connectivity index (χ2v) is 9.67. The van der Waals surface area contributed by atoms with Crippen molar-refractivity contribution in [3.63, 3.8) is 0 Å². The lowest BCUT2D eigenvalue weighted by molar-refractivity contribution is -0.157. The van der Waals surface area contributed by atoms with Crippen molar-refractivity contribution >= 4 is 24.1 Å². The number of hydrazone groups is 1. The molecule has 10 nitrogen and oxygen atoms in total. The van der Waals surface area contributed by atoms with E-state index in [-0.39, 0.29) is 18.4 Å². The number of carbonyl (C=O) groups is 2. The van der Waals surface area contributed by atoms with E-state index < -0.39 is 35.9 Å². The summed E-state index contributed by atoms with van der Waals surface area (Å²) in [7, 11) is 0. The molecular weight excluding hydrogens is 440 g/mol. The third-order valence-electron chi connectivity index (χ3n) is 6.67. The van der Waals surface area contributed by atoms with Gasteiger partial charge in [0.05, 0.1) is 17.7 Å². The number of hydrogen-bond donors (Lipinski definition) is 3. The van der Waals surface area contributed by atoms with Crippen LogP contribution in [0, 0.1) is 5.92 Å². The molecule has 3 heterocycles. The van der Waals surface area contributed by atoms with Crippen molar-refractivity contribution in [2.45, 2.75) is 103 Å². The highest BCUT2D eigenvalue weighted by Crippen LogP contribution is 2.42. The normalized spacial score (nSPS) is 30.3. The first-order valence-electron chi connectivity index (χ1n) is 12.3. The Morgan fingerprint density at radius 2 is 2.03 bits per heavy atom. The van der Waals surface area contributed by atoms with Crippen LogP contribution in [0.1, 0.15) is 72.6 Å². The molecule has 1 unspecified atom stereocenters. The van der Waals surface area contributed by atoms with Gasteiger partial charge in [-0.05, 0) is 19.8 Å². The number of aliphatic imine (C=N–C) groups is 1. The molecule has 0 saturated carbocycles. The molecule has 1 fully saturated rings. The maximum Gasteiger partial charge on any atom is 0.308 e. The van der Waals surface area contributed by atoms with Gasteiger partial charge >= 0.3 is 5.97 Å². The molecule has 3 rings (SSSR count). The van der Waals surface area contributed by atoms with E-state index in [4.69, 9.17) is 9.47 Å². The van der Waals surface area contributed by atoms with E-state index in [2.05, 4.69) is 22.3 Å². The van der Waals surface area contributed by atoms with Gasteiger partial charge in [0.2, 0.25) is 5.91 Å². The molecule has 0 bridgehead atoms. The Labute approximate surface area is 201 Å². The van der Waals surface area contributed by atoms with Gasteiger partial charge in [-0.15, -0.1) is 0 Å². The fraction of sp³-hybridized carbons (Fsp3) is 0.750. The maximum absolute atomic E-state index is 12.4. The summed E-state index contributed by atoms with van der Waals surface area (Å²) in [6, 6.07) is -0.439. The molecule has 0 spiro atoms. The second kappa shape index (κ2) is 11.4. The summed E-state index contributed by atoms with van der Waals surface area (Å²) in [6.07, 6.45) is 6.16. The van der Waals surface area contributed by atoms with Crippen molar-refractivity contribution in [3.05, 3.63) is 11.8 Å². The van der Waals surface area contributed by atoms with Crippen LogP contribution in [-0.2, 0) is 19.1 Å². The van der Waals surface area contributed by atoms with E-state index in [0.717, 1.165) is 25.7 Å². The number of nitrogens with zero attached hydrogens (tertiary/aromatic N) is 3. The molecule has 0 aromatic heterocycles. The Hall–Kier alpha value is -2.30. The lowest BCUT2D eigenvalue weighted by atomic mass is 9.87. The standard InChI is InChI=1S/C24H38N4O6/c1-5-6-7-8-9-10-19(29)27-22-16-11-12-18(28(16)26-14-25-22)24(4)21(31)20(30)17(34-24)13-33-23(32)15(2)3/h11,14-15,17-18,20-21,30-31H,5-10,12-13H2,1-4H3,(H,25,26,27,29)/t17-,18?,20-,21-,24+/m1/s1. The molecule has 0 radical (unpaired) electrons. The van der Waals surface area contributed by atoms with Gasteiger partial charge in [0.25, 0.3) is 0 Å². The highest BCUT2D eigenvalue weighted by Gasteiger charge is 2.58. The Morgan fingerprint density at radius 3 is 2.74 bits per heavy atom. The van der Waals surface area contributed by atoms with Crippen molar-refractivity contribution in [1.82, 2.24) is 10.3 Å². The number of hydrogen-bond acceptors (Lipinski definition) is 9. The van der Waals surface area contributed by atoms with Crippen molar-refractivity contribution in [1.29, 1.82) is 0 Å². The zero-order chi connectivity index (χ0) is 24.9. The van der Waals surface area contributed by atoms with Crippen molar-refractivity contribution in [3.8, 4) is 0 Å². The first-order chi connectivity index (χ1) is 16.2. The molecule has 0 aliphatic carbocycles. The zero-order valence-electron chi connectivity index (χ0n) is 20.6. The minimum atomic E-state index is -1.22. The Kier molecular flexibility index (Phi) is 8.83. The number of rotatable bonds is 10. The number of ether oxygens (including phenoxy) is 2. The average Bonchev–Trinajstić information content (AvgIpc) is 3.34. The molecule has 10 heteroatoms.